The molecule has 3 rings (SSSR count). The van der Waals surface area contributed by atoms with Gasteiger partial charge in [-0.15, -0.1) is 0 Å². The molecule has 1 aromatic carbocycles. The molecule has 1 aliphatic heterocycles. The van der Waals surface area contributed by atoms with Crippen molar-refractivity contribution in [3.63, 3.8) is 0 Å². The van der Waals surface area contributed by atoms with Crippen LogP contribution in [0.25, 0.3) is 5.69 Å². The highest BCUT2D eigenvalue weighted by Gasteiger charge is 2.22. The molecule has 2 heterocycles. The van der Waals surface area contributed by atoms with E-state index in [0.717, 1.165) is 31.6 Å². The van der Waals surface area contributed by atoms with E-state index in [2.05, 4.69) is 10.4 Å². The van der Waals surface area contributed by atoms with Crippen molar-refractivity contribution in [2.24, 2.45) is 0 Å². The Labute approximate surface area is 122 Å². The van der Waals surface area contributed by atoms with Crippen LogP contribution in [0.3, 0.4) is 0 Å². The lowest BCUT2D eigenvalue weighted by atomic mass is 10.1. The Morgan fingerprint density at radius 1 is 1.30 bits per heavy atom. The van der Waals surface area contributed by atoms with Crippen molar-refractivity contribution in [3.05, 3.63) is 35.1 Å². The maximum Gasteiger partial charge on any atom is 0.225 e. The van der Waals surface area contributed by atoms with Gasteiger partial charge in [0.05, 0.1) is 12.2 Å². The molecule has 0 bridgehead atoms. The van der Waals surface area contributed by atoms with E-state index in [0.29, 0.717) is 11.4 Å². The molecular weight excluding hydrogens is 274 g/mol. The van der Waals surface area contributed by atoms with Gasteiger partial charge in [0.1, 0.15) is 12.6 Å². The van der Waals surface area contributed by atoms with Crippen LogP contribution in [0, 0.1) is 4.77 Å². The van der Waals surface area contributed by atoms with Gasteiger partial charge in [0.15, 0.2) is 6.67 Å². The van der Waals surface area contributed by atoms with Crippen molar-refractivity contribution in [2.45, 2.75) is 25.6 Å². The lowest BCUT2D eigenvalue weighted by Gasteiger charge is -2.26. The molecule has 106 valence electrons. The second-order valence-electron chi connectivity index (χ2n) is 5.17. The van der Waals surface area contributed by atoms with Crippen molar-refractivity contribution in [1.82, 2.24) is 19.8 Å². The topological polar surface area (TPSA) is 60.3 Å². The summed E-state index contributed by atoms with van der Waals surface area (Å²) < 4.78 is 3.98. The zero-order chi connectivity index (χ0) is 13.9. The van der Waals surface area contributed by atoms with Crippen LogP contribution >= 0.6 is 12.2 Å². The van der Waals surface area contributed by atoms with Crippen LogP contribution in [0.2, 0.25) is 0 Å². The predicted octanol–water partition coefficient (Wildman–Crippen LogP) is -0.205. The van der Waals surface area contributed by atoms with Gasteiger partial charge in [-0.05, 0) is 47.6 Å². The summed E-state index contributed by atoms with van der Waals surface area (Å²) in [7, 11) is 0. The van der Waals surface area contributed by atoms with E-state index in [1.165, 1.54) is 4.90 Å². The second kappa shape index (κ2) is 5.82. The van der Waals surface area contributed by atoms with E-state index >= 15 is 0 Å². The quantitative estimate of drug-likeness (QED) is 0.769. The Morgan fingerprint density at radius 2 is 2.10 bits per heavy atom. The zero-order valence-corrected chi connectivity index (χ0v) is 12.0. The molecule has 20 heavy (non-hydrogen) atoms. The highest BCUT2D eigenvalue weighted by atomic mass is 32.1. The Morgan fingerprint density at radius 3 is 2.85 bits per heavy atom. The first-order valence-electron chi connectivity index (χ1n) is 6.84. The number of piperidine rings is 1. The number of aliphatic hydroxyl groups is 1. The summed E-state index contributed by atoms with van der Waals surface area (Å²) in [5.74, 6) is 0. The van der Waals surface area contributed by atoms with E-state index < -0.39 is 0 Å². The van der Waals surface area contributed by atoms with Gasteiger partial charge in [0.25, 0.3) is 0 Å². The van der Waals surface area contributed by atoms with Gasteiger partial charge < -0.3 is 10.0 Å². The average molecular weight is 292 g/mol. The minimum Gasteiger partial charge on any atom is -0.387 e. The summed E-state index contributed by atoms with van der Waals surface area (Å²) >= 11 is 5.43. The number of hydrogen-bond donors (Lipinski definition) is 2. The van der Waals surface area contributed by atoms with Crippen LogP contribution in [-0.4, -0.2) is 44.1 Å². The number of aliphatic hydroxyl groups excluding tert-OH is 1. The standard InChI is InChI=1S/C13H17N5OS/c19-12-7-4-8-16(9-12)10-17-13(20)18(15-14-17)11-5-2-1-3-6-11/h1-3,5-6,12,19H,4,7-10H2/p+1/t12-/m0/s1. The van der Waals surface area contributed by atoms with Gasteiger partial charge >= 0.3 is 0 Å². The van der Waals surface area contributed by atoms with Crippen LogP contribution < -0.4 is 4.90 Å². The van der Waals surface area contributed by atoms with Gasteiger partial charge in [-0.25, -0.2) is 0 Å². The van der Waals surface area contributed by atoms with E-state index in [-0.39, 0.29) is 6.10 Å². The van der Waals surface area contributed by atoms with Crippen molar-refractivity contribution in [3.8, 4) is 5.69 Å². The molecule has 1 saturated heterocycles. The Balaban J connectivity index is 1.79. The summed E-state index contributed by atoms with van der Waals surface area (Å²) in [6.45, 7) is 2.44. The molecule has 0 aliphatic carbocycles. The second-order valence-corrected chi connectivity index (χ2v) is 5.53. The number of aromatic nitrogens is 4. The maximum atomic E-state index is 9.71. The van der Waals surface area contributed by atoms with Crippen LogP contribution in [0.4, 0.5) is 0 Å². The normalized spacial score (nSPS) is 22.9. The van der Waals surface area contributed by atoms with Gasteiger partial charge in [0, 0.05) is 0 Å². The smallest absolute Gasteiger partial charge is 0.225 e. The fraction of sp³-hybridized carbons (Fsp3) is 0.462. The molecule has 0 amide bonds. The third kappa shape index (κ3) is 2.79. The highest BCUT2D eigenvalue weighted by Crippen LogP contribution is 2.05. The first-order valence-corrected chi connectivity index (χ1v) is 7.25. The van der Waals surface area contributed by atoms with Crippen LogP contribution in [-0.2, 0) is 6.67 Å². The molecule has 0 radical (unpaired) electrons. The van der Waals surface area contributed by atoms with Crippen molar-refractivity contribution < 1.29 is 10.0 Å². The molecule has 2 atom stereocenters. The molecule has 0 spiro atoms. The third-order valence-corrected chi connectivity index (χ3v) is 3.99. The monoisotopic (exact) mass is 292 g/mol. The average Bonchev–Trinajstić information content (AvgIpc) is 2.81. The van der Waals surface area contributed by atoms with Gasteiger partial charge in [-0.2, -0.15) is 9.36 Å². The predicted molar refractivity (Wildman–Crippen MR) is 76.1 cm³/mol. The van der Waals surface area contributed by atoms with Crippen molar-refractivity contribution >= 4 is 12.2 Å². The summed E-state index contributed by atoms with van der Waals surface area (Å²) in [6.07, 6.45) is 1.72. The Hall–Kier alpha value is -1.57. The fourth-order valence-corrected chi connectivity index (χ4v) is 2.83. The number of likely N-dealkylation sites (tertiary alicyclic amines) is 1. The SMILES string of the molecule is O[C@H]1CCC[NH+](Cn2nnn(-c3ccccc3)c2=S)C1. The van der Waals surface area contributed by atoms with Crippen LogP contribution in [0.1, 0.15) is 12.8 Å². The largest absolute Gasteiger partial charge is 0.387 e. The summed E-state index contributed by atoms with van der Waals surface area (Å²) in [6, 6.07) is 9.75. The highest BCUT2D eigenvalue weighted by molar-refractivity contribution is 7.71. The number of benzene rings is 1. The number of tetrazole rings is 1. The lowest BCUT2D eigenvalue weighted by Crippen LogP contribution is -3.13. The van der Waals surface area contributed by atoms with Crippen LogP contribution in [0.5, 0.6) is 0 Å². The molecule has 1 fully saturated rings. The Kier molecular flexibility index (Phi) is 3.90. The molecular formula is C13H18N5OS+. The summed E-state index contributed by atoms with van der Waals surface area (Å²) in [5.41, 5.74) is 0.914. The maximum absolute atomic E-state index is 9.71. The van der Waals surface area contributed by atoms with E-state index in [4.69, 9.17) is 12.2 Å². The molecule has 1 unspecified atom stereocenters. The zero-order valence-electron chi connectivity index (χ0n) is 11.1. The molecule has 7 heteroatoms. The molecule has 1 aromatic heterocycles. The number of rotatable bonds is 3. The lowest BCUT2D eigenvalue weighted by molar-refractivity contribution is -0.931. The molecule has 6 nitrogen and oxygen atoms in total. The van der Waals surface area contributed by atoms with Crippen LogP contribution in [0.15, 0.2) is 30.3 Å². The van der Waals surface area contributed by atoms with Gasteiger partial charge in [-0.1, -0.05) is 18.2 Å². The minimum absolute atomic E-state index is 0.211. The number of nitrogens with zero attached hydrogens (tertiary/aromatic N) is 4. The van der Waals surface area contributed by atoms with E-state index in [1.54, 1.807) is 9.36 Å². The minimum atomic E-state index is -0.211. The summed E-state index contributed by atoms with van der Waals surface area (Å²) in [4.78, 5) is 1.29. The number of hydrogen-bond acceptors (Lipinski definition) is 4. The van der Waals surface area contributed by atoms with Gasteiger partial charge in [0.2, 0.25) is 4.77 Å². The molecule has 2 N–H and O–H groups in total. The molecule has 0 saturated carbocycles. The Bertz CT molecular complexity index is 623. The number of para-hydroxylation sites is 1. The van der Waals surface area contributed by atoms with Gasteiger partial charge in [-0.3, -0.25) is 0 Å². The number of nitrogens with one attached hydrogen (secondary N) is 1. The number of quaternary nitrogens is 1. The summed E-state index contributed by atoms with van der Waals surface area (Å²) in [5, 5.41) is 18.0. The molecule has 2 aromatic rings. The van der Waals surface area contributed by atoms with E-state index in [1.807, 2.05) is 30.3 Å². The van der Waals surface area contributed by atoms with E-state index in [9.17, 15) is 5.11 Å². The third-order valence-electron chi connectivity index (χ3n) is 3.61. The van der Waals surface area contributed by atoms with Crippen molar-refractivity contribution in [1.29, 1.82) is 0 Å². The van der Waals surface area contributed by atoms with Crippen molar-refractivity contribution in [2.75, 3.05) is 13.1 Å². The fourth-order valence-electron chi connectivity index (χ4n) is 2.59. The first kappa shape index (κ1) is 13.4. The molecule has 1 aliphatic rings. The first-order chi connectivity index (χ1) is 9.74.